The van der Waals surface area contributed by atoms with Crippen molar-refractivity contribution in [2.24, 2.45) is 11.7 Å². The van der Waals surface area contributed by atoms with Crippen LogP contribution in [-0.2, 0) is 16.1 Å². The van der Waals surface area contributed by atoms with Crippen LogP contribution in [0.2, 0.25) is 0 Å². The quantitative estimate of drug-likeness (QED) is 0.740. The van der Waals surface area contributed by atoms with Gasteiger partial charge in [-0.3, -0.25) is 4.79 Å². The van der Waals surface area contributed by atoms with Crippen molar-refractivity contribution in [2.45, 2.75) is 32.4 Å². The molecule has 1 amide bonds. The van der Waals surface area contributed by atoms with Crippen LogP contribution in [0.15, 0.2) is 54.6 Å². The van der Waals surface area contributed by atoms with E-state index in [9.17, 15) is 4.79 Å². The van der Waals surface area contributed by atoms with Gasteiger partial charge in [0.15, 0.2) is 0 Å². The number of carbonyl (C=O) groups is 1. The van der Waals surface area contributed by atoms with Crippen LogP contribution in [0, 0.1) is 5.92 Å². The third kappa shape index (κ3) is 5.71. The number of nitrogens with one attached hydrogen (secondary N) is 1. The van der Waals surface area contributed by atoms with E-state index in [0.717, 1.165) is 30.6 Å². The first-order chi connectivity index (χ1) is 13.2. The highest BCUT2D eigenvalue weighted by Gasteiger charge is 2.26. The molecule has 1 heterocycles. The van der Waals surface area contributed by atoms with Crippen molar-refractivity contribution >= 4 is 29.7 Å². The van der Waals surface area contributed by atoms with Crippen LogP contribution < -0.4 is 16.0 Å². The molecule has 0 aromatic heterocycles. The molecule has 0 bridgehead atoms. The van der Waals surface area contributed by atoms with Gasteiger partial charge in [-0.25, -0.2) is 0 Å². The predicted octanol–water partition coefficient (Wildman–Crippen LogP) is 3.64. The van der Waals surface area contributed by atoms with E-state index in [1.54, 1.807) is 0 Å². The molecule has 1 unspecified atom stereocenters. The summed E-state index contributed by atoms with van der Waals surface area (Å²) in [6.45, 7) is 4.91. The molecule has 2 aromatic rings. The van der Waals surface area contributed by atoms with Crippen molar-refractivity contribution in [3.8, 4) is 0 Å². The molecule has 1 fully saturated rings. The number of ether oxygens (including phenoxy) is 1. The van der Waals surface area contributed by atoms with E-state index in [0.29, 0.717) is 19.8 Å². The Kier molecular flexibility index (Phi) is 8.77. The summed E-state index contributed by atoms with van der Waals surface area (Å²) in [5.41, 5.74) is 9.50. The van der Waals surface area contributed by atoms with E-state index in [1.807, 2.05) is 18.2 Å². The molecule has 6 heteroatoms. The fourth-order valence-electron chi connectivity index (χ4n) is 3.51. The summed E-state index contributed by atoms with van der Waals surface area (Å²) in [7, 11) is 0. The fourth-order valence-corrected chi connectivity index (χ4v) is 3.51. The third-order valence-electron chi connectivity index (χ3n) is 5.18. The molecule has 2 aromatic carbocycles. The SMILES string of the molecule is CCN(c1ccccc1)c1ccc(CNC(=O)C(N)C2CCOCC2)cc1.Cl. The van der Waals surface area contributed by atoms with E-state index >= 15 is 0 Å². The molecule has 0 radical (unpaired) electrons. The number of carbonyl (C=O) groups excluding carboxylic acids is 1. The molecule has 1 aliphatic rings. The van der Waals surface area contributed by atoms with E-state index in [-0.39, 0.29) is 24.2 Å². The Balaban J connectivity index is 0.00000280. The summed E-state index contributed by atoms with van der Waals surface area (Å²) < 4.78 is 5.34. The van der Waals surface area contributed by atoms with Gasteiger partial charge in [-0.1, -0.05) is 30.3 Å². The Labute approximate surface area is 173 Å². The normalized spacial score (nSPS) is 15.4. The zero-order chi connectivity index (χ0) is 19.1. The number of amides is 1. The lowest BCUT2D eigenvalue weighted by atomic mass is 9.92. The number of hydrogen-bond donors (Lipinski definition) is 2. The highest BCUT2D eigenvalue weighted by molar-refractivity contribution is 5.85. The molecule has 3 N–H and O–H groups in total. The number of para-hydroxylation sites is 1. The fraction of sp³-hybridized carbons (Fsp3) is 0.409. The molecule has 1 saturated heterocycles. The van der Waals surface area contributed by atoms with Gasteiger partial charge in [-0.2, -0.15) is 0 Å². The maximum atomic E-state index is 12.3. The van der Waals surface area contributed by atoms with Crippen molar-refractivity contribution < 1.29 is 9.53 Å². The second-order valence-corrected chi connectivity index (χ2v) is 6.94. The molecule has 0 aliphatic carbocycles. The van der Waals surface area contributed by atoms with Crippen molar-refractivity contribution in [2.75, 3.05) is 24.7 Å². The van der Waals surface area contributed by atoms with Gasteiger partial charge in [-0.05, 0) is 55.5 Å². The van der Waals surface area contributed by atoms with Crippen molar-refractivity contribution in [3.63, 3.8) is 0 Å². The molecule has 28 heavy (non-hydrogen) atoms. The Morgan fingerprint density at radius 1 is 1.11 bits per heavy atom. The lowest BCUT2D eigenvalue weighted by molar-refractivity contribution is -0.124. The molecule has 1 aliphatic heterocycles. The zero-order valence-corrected chi connectivity index (χ0v) is 17.2. The van der Waals surface area contributed by atoms with Gasteiger partial charge in [0.25, 0.3) is 0 Å². The highest BCUT2D eigenvalue weighted by atomic mass is 35.5. The van der Waals surface area contributed by atoms with Crippen LogP contribution in [0.3, 0.4) is 0 Å². The van der Waals surface area contributed by atoms with Crippen LogP contribution in [0.5, 0.6) is 0 Å². The smallest absolute Gasteiger partial charge is 0.237 e. The maximum Gasteiger partial charge on any atom is 0.237 e. The number of benzene rings is 2. The Hall–Kier alpha value is -2.08. The molecule has 0 saturated carbocycles. The van der Waals surface area contributed by atoms with Crippen LogP contribution in [-0.4, -0.2) is 31.7 Å². The van der Waals surface area contributed by atoms with Crippen LogP contribution in [0.25, 0.3) is 0 Å². The van der Waals surface area contributed by atoms with Crippen molar-refractivity contribution in [3.05, 3.63) is 60.2 Å². The first-order valence-electron chi connectivity index (χ1n) is 9.71. The molecule has 5 nitrogen and oxygen atoms in total. The number of anilines is 2. The number of rotatable bonds is 7. The summed E-state index contributed by atoms with van der Waals surface area (Å²) in [5, 5.41) is 2.97. The Bertz CT molecular complexity index is 718. The Morgan fingerprint density at radius 2 is 1.71 bits per heavy atom. The zero-order valence-electron chi connectivity index (χ0n) is 16.3. The van der Waals surface area contributed by atoms with Gasteiger partial charge in [-0.15, -0.1) is 12.4 Å². The Morgan fingerprint density at radius 3 is 2.32 bits per heavy atom. The summed E-state index contributed by atoms with van der Waals surface area (Å²) in [4.78, 5) is 14.6. The van der Waals surface area contributed by atoms with Crippen LogP contribution >= 0.6 is 12.4 Å². The topological polar surface area (TPSA) is 67.6 Å². The molecule has 152 valence electrons. The lowest BCUT2D eigenvalue weighted by Gasteiger charge is -2.26. The number of nitrogens with zero attached hydrogens (tertiary/aromatic N) is 1. The molecule has 1 atom stereocenters. The molecular formula is C22H30ClN3O2. The van der Waals surface area contributed by atoms with E-state index < -0.39 is 6.04 Å². The minimum absolute atomic E-state index is 0. The van der Waals surface area contributed by atoms with E-state index in [1.165, 1.54) is 5.69 Å². The maximum absolute atomic E-state index is 12.3. The van der Waals surface area contributed by atoms with Gasteiger partial charge in [0.1, 0.15) is 0 Å². The minimum atomic E-state index is -0.457. The third-order valence-corrected chi connectivity index (χ3v) is 5.18. The molecule has 3 rings (SSSR count). The van der Waals surface area contributed by atoms with Gasteiger partial charge < -0.3 is 20.7 Å². The first kappa shape index (κ1) is 22.2. The summed E-state index contributed by atoms with van der Waals surface area (Å²) >= 11 is 0. The standard InChI is InChI=1S/C22H29N3O2.ClH/c1-2-25(19-6-4-3-5-7-19)20-10-8-17(9-11-20)16-24-22(26)21(23)18-12-14-27-15-13-18;/h3-11,18,21H,2,12-16,23H2,1H3,(H,24,26);1H. The average molecular weight is 404 g/mol. The first-order valence-corrected chi connectivity index (χ1v) is 9.71. The highest BCUT2D eigenvalue weighted by Crippen LogP contribution is 2.25. The molecule has 0 spiro atoms. The van der Waals surface area contributed by atoms with Crippen molar-refractivity contribution in [1.82, 2.24) is 5.32 Å². The monoisotopic (exact) mass is 403 g/mol. The van der Waals surface area contributed by atoms with E-state index in [2.05, 4.69) is 53.5 Å². The van der Waals surface area contributed by atoms with Crippen LogP contribution in [0.4, 0.5) is 11.4 Å². The predicted molar refractivity (Wildman–Crippen MR) is 116 cm³/mol. The van der Waals surface area contributed by atoms with Gasteiger partial charge in [0.2, 0.25) is 5.91 Å². The van der Waals surface area contributed by atoms with E-state index in [4.69, 9.17) is 10.5 Å². The van der Waals surface area contributed by atoms with Gasteiger partial charge >= 0.3 is 0 Å². The van der Waals surface area contributed by atoms with Gasteiger partial charge in [0.05, 0.1) is 6.04 Å². The largest absolute Gasteiger partial charge is 0.381 e. The second kappa shape index (κ2) is 11.1. The number of nitrogens with two attached hydrogens (primary N) is 1. The summed E-state index contributed by atoms with van der Waals surface area (Å²) in [6, 6.07) is 18.2. The van der Waals surface area contributed by atoms with Gasteiger partial charge in [0, 0.05) is 37.7 Å². The number of halogens is 1. The van der Waals surface area contributed by atoms with Crippen LogP contribution in [0.1, 0.15) is 25.3 Å². The lowest BCUT2D eigenvalue weighted by Crippen LogP contribution is -2.46. The molecular weight excluding hydrogens is 374 g/mol. The minimum Gasteiger partial charge on any atom is -0.381 e. The average Bonchev–Trinajstić information content (AvgIpc) is 2.74. The van der Waals surface area contributed by atoms with Crippen molar-refractivity contribution in [1.29, 1.82) is 0 Å². The summed E-state index contributed by atoms with van der Waals surface area (Å²) in [6.07, 6.45) is 1.71. The second-order valence-electron chi connectivity index (χ2n) is 6.94. The number of hydrogen-bond acceptors (Lipinski definition) is 4. The summed E-state index contributed by atoms with van der Waals surface area (Å²) in [5.74, 6) is 0.135.